The van der Waals surface area contributed by atoms with E-state index in [0.29, 0.717) is 0 Å². The minimum Gasteiger partial charge on any atom is -0.328 e. The zero-order valence-electron chi connectivity index (χ0n) is 13.0. The molecule has 22 heavy (non-hydrogen) atoms. The number of piperazine rings is 1. The van der Waals surface area contributed by atoms with Crippen LogP contribution in [0.25, 0.3) is 0 Å². The lowest BCUT2D eigenvalue weighted by atomic mass is 10.0. The topological polar surface area (TPSA) is 45.2 Å². The Kier molecular flexibility index (Phi) is 4.55. The smallest absolute Gasteiger partial charge is 0.264 e. The zero-order valence-corrected chi connectivity index (χ0v) is 13.8. The Morgan fingerprint density at radius 2 is 2.41 bits per heavy atom. The van der Waals surface area contributed by atoms with Crippen molar-refractivity contribution in [1.82, 2.24) is 15.2 Å². The molecule has 1 unspecified atom stereocenters. The molecule has 0 radical (unpaired) electrons. The Morgan fingerprint density at radius 3 is 3.09 bits per heavy atom. The van der Waals surface area contributed by atoms with Crippen molar-refractivity contribution >= 4 is 17.2 Å². The number of carbonyl (C=O) groups is 1. The number of thiophene rings is 1. The summed E-state index contributed by atoms with van der Waals surface area (Å²) in [7, 11) is 0. The predicted molar refractivity (Wildman–Crippen MR) is 89.3 cm³/mol. The quantitative estimate of drug-likeness (QED) is 0.947. The second-order valence-corrected chi connectivity index (χ2v) is 6.81. The van der Waals surface area contributed by atoms with Crippen LogP contribution in [-0.4, -0.2) is 35.4 Å². The Bertz CT molecular complexity index is 653. The van der Waals surface area contributed by atoms with Crippen molar-refractivity contribution in [1.29, 1.82) is 0 Å². The largest absolute Gasteiger partial charge is 0.328 e. The van der Waals surface area contributed by atoms with Crippen LogP contribution in [0.15, 0.2) is 30.6 Å². The van der Waals surface area contributed by atoms with E-state index in [1.54, 1.807) is 17.5 Å². The maximum absolute atomic E-state index is 13.0. The van der Waals surface area contributed by atoms with Gasteiger partial charge in [0.2, 0.25) is 0 Å². The van der Waals surface area contributed by atoms with Crippen LogP contribution < -0.4 is 5.32 Å². The second-order valence-electron chi connectivity index (χ2n) is 5.55. The Morgan fingerprint density at radius 1 is 1.55 bits per heavy atom. The SMILES string of the molecule is CCc1cc(C(=O)N2CCNCC2c2cccnc2)sc1C. The minimum absolute atomic E-state index is 0.0578. The number of nitrogens with one attached hydrogen (secondary N) is 1. The molecule has 0 saturated carbocycles. The molecule has 1 N–H and O–H groups in total. The van der Waals surface area contributed by atoms with Crippen molar-refractivity contribution < 1.29 is 4.79 Å². The molecular formula is C17H21N3OS. The Hall–Kier alpha value is -1.72. The van der Waals surface area contributed by atoms with Gasteiger partial charge in [0.25, 0.3) is 5.91 Å². The van der Waals surface area contributed by atoms with Crippen LogP contribution in [0.5, 0.6) is 0 Å². The van der Waals surface area contributed by atoms with E-state index >= 15 is 0 Å². The molecule has 2 aromatic heterocycles. The first-order valence-corrected chi connectivity index (χ1v) is 8.53. The van der Waals surface area contributed by atoms with Crippen LogP contribution in [0, 0.1) is 6.92 Å². The van der Waals surface area contributed by atoms with Gasteiger partial charge in [-0.15, -0.1) is 11.3 Å². The first kappa shape index (κ1) is 15.2. The van der Waals surface area contributed by atoms with Gasteiger partial charge in [-0.1, -0.05) is 13.0 Å². The summed E-state index contributed by atoms with van der Waals surface area (Å²) < 4.78 is 0. The molecule has 3 rings (SSSR count). The monoisotopic (exact) mass is 315 g/mol. The highest BCUT2D eigenvalue weighted by atomic mass is 32.1. The first-order valence-electron chi connectivity index (χ1n) is 7.71. The standard InChI is InChI=1S/C17H21N3OS/c1-3-13-9-16(22-12(13)2)17(21)20-8-7-19-11-15(20)14-5-4-6-18-10-14/h4-6,9-10,15,19H,3,7-8,11H2,1-2H3. The van der Waals surface area contributed by atoms with Gasteiger partial charge >= 0.3 is 0 Å². The average molecular weight is 315 g/mol. The number of aryl methyl sites for hydroxylation is 2. The van der Waals surface area contributed by atoms with Crippen molar-refractivity contribution in [3.8, 4) is 0 Å². The Balaban J connectivity index is 1.88. The molecule has 3 heterocycles. The number of pyridine rings is 1. The first-order chi connectivity index (χ1) is 10.7. The molecular weight excluding hydrogens is 294 g/mol. The summed E-state index contributed by atoms with van der Waals surface area (Å²) in [6.45, 7) is 6.58. The van der Waals surface area contributed by atoms with E-state index in [4.69, 9.17) is 0 Å². The van der Waals surface area contributed by atoms with E-state index in [1.165, 1.54) is 10.4 Å². The van der Waals surface area contributed by atoms with Crippen molar-refractivity contribution in [2.45, 2.75) is 26.3 Å². The molecule has 2 aromatic rings. The maximum Gasteiger partial charge on any atom is 0.264 e. The molecule has 1 amide bonds. The van der Waals surface area contributed by atoms with Crippen LogP contribution in [0.2, 0.25) is 0 Å². The van der Waals surface area contributed by atoms with Gasteiger partial charge in [0.15, 0.2) is 0 Å². The molecule has 1 aliphatic rings. The number of amides is 1. The van der Waals surface area contributed by atoms with E-state index in [9.17, 15) is 4.79 Å². The highest BCUT2D eigenvalue weighted by Crippen LogP contribution is 2.28. The van der Waals surface area contributed by atoms with Gasteiger partial charge in [0, 0.05) is 36.9 Å². The summed E-state index contributed by atoms with van der Waals surface area (Å²) in [6, 6.07) is 6.09. The van der Waals surface area contributed by atoms with Crippen LogP contribution in [0.4, 0.5) is 0 Å². The number of hydrogen-bond acceptors (Lipinski definition) is 4. The summed E-state index contributed by atoms with van der Waals surface area (Å²) in [5.74, 6) is 0.142. The summed E-state index contributed by atoms with van der Waals surface area (Å²) in [5.41, 5.74) is 2.37. The van der Waals surface area contributed by atoms with Gasteiger partial charge in [-0.2, -0.15) is 0 Å². The normalized spacial score (nSPS) is 18.5. The molecule has 0 aromatic carbocycles. The number of rotatable bonds is 3. The number of carbonyl (C=O) groups excluding carboxylic acids is 1. The Labute approximate surface area is 135 Å². The van der Waals surface area contributed by atoms with Crippen LogP contribution in [-0.2, 0) is 6.42 Å². The molecule has 1 aliphatic heterocycles. The fraction of sp³-hybridized carbons (Fsp3) is 0.412. The number of hydrogen-bond donors (Lipinski definition) is 1. The lowest BCUT2D eigenvalue weighted by Crippen LogP contribution is -2.48. The van der Waals surface area contributed by atoms with E-state index in [-0.39, 0.29) is 11.9 Å². The number of aromatic nitrogens is 1. The summed E-state index contributed by atoms with van der Waals surface area (Å²) in [6.07, 6.45) is 4.60. The highest BCUT2D eigenvalue weighted by Gasteiger charge is 2.29. The summed E-state index contributed by atoms with van der Waals surface area (Å²) >= 11 is 1.61. The van der Waals surface area contributed by atoms with Crippen molar-refractivity contribution in [3.63, 3.8) is 0 Å². The van der Waals surface area contributed by atoms with E-state index in [0.717, 1.165) is 36.5 Å². The molecule has 1 fully saturated rings. The summed E-state index contributed by atoms with van der Waals surface area (Å²) in [5, 5.41) is 3.38. The van der Waals surface area contributed by atoms with Crippen molar-refractivity contribution in [2.75, 3.05) is 19.6 Å². The molecule has 0 bridgehead atoms. The van der Waals surface area contributed by atoms with Gasteiger partial charge in [0.1, 0.15) is 0 Å². The molecule has 116 valence electrons. The van der Waals surface area contributed by atoms with Gasteiger partial charge in [-0.25, -0.2) is 0 Å². The molecule has 5 heteroatoms. The van der Waals surface area contributed by atoms with Gasteiger partial charge in [-0.05, 0) is 36.6 Å². The zero-order chi connectivity index (χ0) is 15.5. The molecule has 0 aliphatic carbocycles. The fourth-order valence-corrected chi connectivity index (χ4v) is 4.01. The van der Waals surface area contributed by atoms with Crippen LogP contribution in [0.1, 0.15) is 38.6 Å². The maximum atomic E-state index is 13.0. The van der Waals surface area contributed by atoms with E-state index in [1.807, 2.05) is 23.2 Å². The van der Waals surface area contributed by atoms with Crippen LogP contribution >= 0.6 is 11.3 Å². The van der Waals surface area contributed by atoms with E-state index in [2.05, 4.69) is 30.2 Å². The second kappa shape index (κ2) is 6.58. The number of nitrogens with zero attached hydrogens (tertiary/aromatic N) is 2. The predicted octanol–water partition coefficient (Wildman–Crippen LogP) is 2.80. The van der Waals surface area contributed by atoms with Gasteiger partial charge in [0.05, 0.1) is 10.9 Å². The third kappa shape index (κ3) is 2.91. The molecule has 1 atom stereocenters. The molecule has 0 spiro atoms. The minimum atomic E-state index is 0.0578. The highest BCUT2D eigenvalue weighted by molar-refractivity contribution is 7.14. The summed E-state index contributed by atoms with van der Waals surface area (Å²) in [4.78, 5) is 21.2. The molecule has 1 saturated heterocycles. The lowest BCUT2D eigenvalue weighted by molar-refractivity contribution is 0.0639. The van der Waals surface area contributed by atoms with E-state index < -0.39 is 0 Å². The third-order valence-corrected chi connectivity index (χ3v) is 5.27. The van der Waals surface area contributed by atoms with Gasteiger partial charge in [-0.3, -0.25) is 9.78 Å². The van der Waals surface area contributed by atoms with Crippen molar-refractivity contribution in [3.05, 3.63) is 51.5 Å². The average Bonchev–Trinajstić information content (AvgIpc) is 2.96. The van der Waals surface area contributed by atoms with Crippen molar-refractivity contribution in [2.24, 2.45) is 0 Å². The van der Waals surface area contributed by atoms with Gasteiger partial charge < -0.3 is 10.2 Å². The fourth-order valence-electron chi connectivity index (χ4n) is 2.94. The third-order valence-electron chi connectivity index (χ3n) is 4.19. The lowest BCUT2D eigenvalue weighted by Gasteiger charge is -2.36. The molecule has 4 nitrogen and oxygen atoms in total. The van der Waals surface area contributed by atoms with Crippen LogP contribution in [0.3, 0.4) is 0 Å².